The number of ether oxygens (including phenoxy) is 1. The Morgan fingerprint density at radius 3 is 2.53 bits per heavy atom. The second-order valence-corrected chi connectivity index (χ2v) is 9.61. The molecule has 2 aromatic carbocycles. The molecule has 1 saturated carbocycles. The zero-order valence-corrected chi connectivity index (χ0v) is 21.1. The molecule has 0 spiro atoms. The molecule has 7 nitrogen and oxygen atoms in total. The maximum atomic E-state index is 13.0. The van der Waals surface area contributed by atoms with Crippen molar-refractivity contribution in [2.24, 2.45) is 0 Å². The van der Waals surface area contributed by atoms with Crippen LogP contribution in [-0.4, -0.2) is 22.8 Å². The Morgan fingerprint density at radius 2 is 1.83 bits per heavy atom. The third kappa shape index (κ3) is 5.38. The van der Waals surface area contributed by atoms with Gasteiger partial charge in [-0.3, -0.25) is 13.9 Å². The number of nitriles is 1. The number of benzene rings is 2. The van der Waals surface area contributed by atoms with Gasteiger partial charge in [-0.1, -0.05) is 55.7 Å². The monoisotopic (exact) mass is 486 g/mol. The molecule has 0 bridgehead atoms. The number of anilines is 1. The van der Waals surface area contributed by atoms with Gasteiger partial charge in [-0.2, -0.15) is 5.26 Å². The van der Waals surface area contributed by atoms with Crippen LogP contribution in [0.25, 0.3) is 0 Å². The van der Waals surface area contributed by atoms with E-state index in [9.17, 15) is 14.9 Å². The second-order valence-electron chi connectivity index (χ2n) is 9.61. The molecule has 0 atom stereocenters. The summed E-state index contributed by atoms with van der Waals surface area (Å²) in [7, 11) is 1.64. The first-order valence-electron chi connectivity index (χ1n) is 12.7. The summed E-state index contributed by atoms with van der Waals surface area (Å²) in [6, 6.07) is 18.2. The molecule has 1 N–H and O–H groups in total. The molecule has 0 aliphatic heterocycles. The summed E-state index contributed by atoms with van der Waals surface area (Å²) < 4.78 is 8.59. The van der Waals surface area contributed by atoms with Crippen LogP contribution >= 0.6 is 0 Å². The summed E-state index contributed by atoms with van der Waals surface area (Å²) in [5.74, 6) is 0.724. The number of hydrogen-bond donors (Lipinski definition) is 1. The Hall–Kier alpha value is -3.79. The first-order valence-corrected chi connectivity index (χ1v) is 12.7. The van der Waals surface area contributed by atoms with Crippen molar-refractivity contribution in [2.75, 3.05) is 19.0 Å². The number of aromatic nitrogens is 2. The van der Waals surface area contributed by atoms with Gasteiger partial charge in [0.1, 0.15) is 5.75 Å². The molecule has 1 heterocycles. The number of nitrogens with one attached hydrogen (secondary N) is 1. The highest BCUT2D eigenvalue weighted by Gasteiger charge is 2.36. The topological polar surface area (TPSA) is 89.0 Å². The third-order valence-electron chi connectivity index (χ3n) is 7.13. The van der Waals surface area contributed by atoms with E-state index < -0.39 is 5.41 Å². The van der Waals surface area contributed by atoms with Crippen LogP contribution in [-0.2, 0) is 18.5 Å². The van der Waals surface area contributed by atoms with E-state index in [0.717, 1.165) is 48.2 Å². The molecule has 1 aliphatic carbocycles. The lowest BCUT2D eigenvalue weighted by Crippen LogP contribution is -2.41. The number of methoxy groups -OCH3 is 1. The Labute approximate surface area is 212 Å². The fourth-order valence-electron chi connectivity index (χ4n) is 5.15. The van der Waals surface area contributed by atoms with E-state index in [1.807, 2.05) is 48.5 Å². The molecule has 0 unspecified atom stereocenters. The van der Waals surface area contributed by atoms with Gasteiger partial charge in [0.2, 0.25) is 0 Å². The number of nitrogens with zero attached hydrogens (tertiary/aromatic N) is 3. The Morgan fingerprint density at radius 1 is 1.08 bits per heavy atom. The summed E-state index contributed by atoms with van der Waals surface area (Å²) in [6.45, 7) is 3.08. The molecule has 188 valence electrons. The average Bonchev–Trinajstić information content (AvgIpc) is 2.92. The van der Waals surface area contributed by atoms with Crippen LogP contribution in [0.3, 0.4) is 0 Å². The van der Waals surface area contributed by atoms with Gasteiger partial charge in [-0.25, -0.2) is 4.79 Å². The molecule has 36 heavy (non-hydrogen) atoms. The summed E-state index contributed by atoms with van der Waals surface area (Å²) in [4.78, 5) is 25.7. The van der Waals surface area contributed by atoms with Gasteiger partial charge in [0, 0.05) is 42.2 Å². The highest BCUT2D eigenvalue weighted by Crippen LogP contribution is 2.43. The maximum Gasteiger partial charge on any atom is 0.331 e. The van der Waals surface area contributed by atoms with Crippen LogP contribution in [0.1, 0.15) is 55.2 Å². The summed E-state index contributed by atoms with van der Waals surface area (Å²) in [6.07, 6.45) is 7.26. The van der Waals surface area contributed by atoms with Crippen LogP contribution in [0.4, 0.5) is 5.69 Å². The lowest BCUT2D eigenvalue weighted by molar-refractivity contribution is 0.342. The molecule has 0 amide bonds. The van der Waals surface area contributed by atoms with Crippen molar-refractivity contribution in [2.45, 2.75) is 64.0 Å². The van der Waals surface area contributed by atoms with Crippen molar-refractivity contribution >= 4 is 5.69 Å². The minimum atomic E-state index is -0.478. The summed E-state index contributed by atoms with van der Waals surface area (Å²) >= 11 is 0. The van der Waals surface area contributed by atoms with Gasteiger partial charge < -0.3 is 10.1 Å². The fraction of sp³-hybridized carbons (Fsp3) is 0.414. The quantitative estimate of drug-likeness (QED) is 0.447. The molecule has 3 aromatic rings. The zero-order valence-electron chi connectivity index (χ0n) is 21.1. The van der Waals surface area contributed by atoms with Crippen molar-refractivity contribution < 1.29 is 4.74 Å². The average molecular weight is 487 g/mol. The zero-order chi connectivity index (χ0) is 25.5. The normalized spacial score (nSPS) is 14.7. The van der Waals surface area contributed by atoms with Gasteiger partial charge in [0.25, 0.3) is 5.56 Å². The predicted molar refractivity (Wildman–Crippen MR) is 142 cm³/mol. The molecule has 1 aromatic heterocycles. The van der Waals surface area contributed by atoms with Gasteiger partial charge >= 0.3 is 5.69 Å². The first kappa shape index (κ1) is 25.3. The van der Waals surface area contributed by atoms with Crippen molar-refractivity contribution in [1.29, 1.82) is 5.26 Å². The van der Waals surface area contributed by atoms with E-state index in [0.29, 0.717) is 31.6 Å². The molecule has 4 rings (SSSR count). The fourth-order valence-corrected chi connectivity index (χ4v) is 5.15. The van der Waals surface area contributed by atoms with Gasteiger partial charge in [-0.15, -0.1) is 0 Å². The lowest BCUT2D eigenvalue weighted by atomic mass is 9.70. The van der Waals surface area contributed by atoms with Crippen LogP contribution in [0.15, 0.2) is 64.3 Å². The van der Waals surface area contributed by atoms with Crippen LogP contribution in [0, 0.1) is 18.3 Å². The Balaban J connectivity index is 1.43. The number of rotatable bonds is 9. The number of aryl methyl sites for hydroxylation is 1. The molecule has 1 aliphatic rings. The molecular formula is C29H34N4O3. The summed E-state index contributed by atoms with van der Waals surface area (Å²) in [5, 5.41) is 13.3. The highest BCUT2D eigenvalue weighted by molar-refractivity contribution is 5.55. The maximum absolute atomic E-state index is 13.0. The predicted octanol–water partition coefficient (Wildman–Crippen LogP) is 4.60. The molecule has 0 radical (unpaired) electrons. The van der Waals surface area contributed by atoms with E-state index in [1.165, 1.54) is 11.0 Å². The highest BCUT2D eigenvalue weighted by atomic mass is 16.5. The van der Waals surface area contributed by atoms with Crippen LogP contribution < -0.4 is 21.3 Å². The van der Waals surface area contributed by atoms with Crippen molar-refractivity contribution in [3.8, 4) is 11.8 Å². The standard InChI is InChI=1S/C29H34N4O3/c1-22-19-32(20-23-10-5-3-6-11-23)28(35)33(27(22)34)17-9-16-31-24-12-13-25(26(18-24)36-2)29(21-30)14-7-4-8-15-29/h3,5-6,10-13,18-19,31H,4,7-9,14-17,20H2,1-2H3. The van der Waals surface area contributed by atoms with Gasteiger partial charge in [0.05, 0.1) is 25.1 Å². The minimum absolute atomic E-state index is 0.246. The minimum Gasteiger partial charge on any atom is -0.496 e. The van der Waals surface area contributed by atoms with Crippen molar-refractivity contribution in [3.63, 3.8) is 0 Å². The molecule has 0 saturated heterocycles. The van der Waals surface area contributed by atoms with E-state index in [-0.39, 0.29) is 11.2 Å². The molecule has 7 heteroatoms. The SMILES string of the molecule is COc1cc(NCCCn2c(=O)c(C)cn(Cc3ccccc3)c2=O)ccc1C1(C#N)CCCCC1. The van der Waals surface area contributed by atoms with E-state index in [4.69, 9.17) is 4.74 Å². The largest absolute Gasteiger partial charge is 0.496 e. The first-order chi connectivity index (χ1) is 17.5. The van der Waals surface area contributed by atoms with E-state index in [2.05, 4.69) is 11.4 Å². The van der Waals surface area contributed by atoms with Crippen LogP contribution in [0.5, 0.6) is 5.75 Å². The second kappa shape index (κ2) is 11.3. The summed E-state index contributed by atoms with van der Waals surface area (Å²) in [5.41, 5.74) is 2.39. The van der Waals surface area contributed by atoms with Gasteiger partial charge in [-0.05, 0) is 37.8 Å². The third-order valence-corrected chi connectivity index (χ3v) is 7.13. The molecular weight excluding hydrogens is 452 g/mol. The smallest absolute Gasteiger partial charge is 0.331 e. The lowest BCUT2D eigenvalue weighted by Gasteiger charge is -2.32. The van der Waals surface area contributed by atoms with E-state index in [1.54, 1.807) is 24.8 Å². The van der Waals surface area contributed by atoms with Crippen LogP contribution in [0.2, 0.25) is 0 Å². The Bertz CT molecular complexity index is 1350. The van der Waals surface area contributed by atoms with Crippen molar-refractivity contribution in [1.82, 2.24) is 9.13 Å². The van der Waals surface area contributed by atoms with Crippen molar-refractivity contribution in [3.05, 3.63) is 92.3 Å². The number of hydrogen-bond acceptors (Lipinski definition) is 5. The molecule has 1 fully saturated rings. The van der Waals surface area contributed by atoms with E-state index >= 15 is 0 Å². The van der Waals surface area contributed by atoms with Gasteiger partial charge in [0.15, 0.2) is 0 Å². The Kier molecular flexibility index (Phi) is 7.94.